The SMILES string of the molecule is CC1OCC(=O)C1(C)NC(=O)C(CC1CCCCC1)NC(=O)N1CCOCC1. The van der Waals surface area contributed by atoms with E-state index in [0.717, 1.165) is 25.7 Å². The van der Waals surface area contributed by atoms with Crippen LogP contribution < -0.4 is 10.6 Å². The van der Waals surface area contributed by atoms with Crippen molar-refractivity contribution in [1.29, 1.82) is 0 Å². The number of hydrogen-bond donors (Lipinski definition) is 2. The number of nitrogens with one attached hydrogen (secondary N) is 2. The zero-order chi connectivity index (χ0) is 20.1. The summed E-state index contributed by atoms with van der Waals surface area (Å²) in [6, 6.07) is -0.901. The molecule has 8 heteroatoms. The van der Waals surface area contributed by atoms with Crippen LogP contribution in [0.25, 0.3) is 0 Å². The molecule has 3 atom stereocenters. The highest BCUT2D eigenvalue weighted by atomic mass is 16.5. The minimum absolute atomic E-state index is 0.00533. The van der Waals surface area contributed by atoms with Crippen LogP contribution in [0, 0.1) is 5.92 Å². The number of hydrogen-bond acceptors (Lipinski definition) is 5. The molecule has 3 rings (SSSR count). The van der Waals surface area contributed by atoms with E-state index < -0.39 is 17.7 Å². The Labute approximate surface area is 166 Å². The second-order valence-electron chi connectivity index (χ2n) is 8.41. The standard InChI is InChI=1S/C20H33N3O5/c1-14-20(2,17(24)13-28-14)22-18(25)16(12-15-6-4-3-5-7-15)21-19(26)23-8-10-27-11-9-23/h14-16H,3-13H2,1-2H3,(H,21,26)(H,22,25). The lowest BCUT2D eigenvalue weighted by Gasteiger charge is -2.33. The van der Waals surface area contributed by atoms with Crippen LogP contribution in [0.4, 0.5) is 4.79 Å². The lowest BCUT2D eigenvalue weighted by atomic mass is 9.84. The largest absolute Gasteiger partial charge is 0.378 e. The van der Waals surface area contributed by atoms with Crippen molar-refractivity contribution >= 4 is 17.7 Å². The summed E-state index contributed by atoms with van der Waals surface area (Å²) in [7, 11) is 0. The normalized spacial score (nSPS) is 30.1. The molecule has 8 nitrogen and oxygen atoms in total. The van der Waals surface area contributed by atoms with Gasteiger partial charge in [0.2, 0.25) is 5.91 Å². The number of morpholine rings is 1. The first-order valence-corrected chi connectivity index (χ1v) is 10.5. The first kappa shape index (κ1) is 21.0. The van der Waals surface area contributed by atoms with Crippen molar-refractivity contribution in [2.45, 2.75) is 70.1 Å². The van der Waals surface area contributed by atoms with Gasteiger partial charge in [-0.05, 0) is 26.2 Å². The molecule has 0 aromatic heterocycles. The van der Waals surface area contributed by atoms with Crippen LogP contribution in [0.5, 0.6) is 0 Å². The van der Waals surface area contributed by atoms with Crippen LogP contribution in [-0.2, 0) is 19.1 Å². The van der Waals surface area contributed by atoms with Gasteiger partial charge in [0.1, 0.15) is 18.2 Å². The molecule has 3 aliphatic rings. The van der Waals surface area contributed by atoms with Crippen molar-refractivity contribution in [2.24, 2.45) is 5.92 Å². The molecule has 3 amide bonds. The molecular weight excluding hydrogens is 362 g/mol. The fourth-order valence-corrected chi connectivity index (χ4v) is 4.25. The van der Waals surface area contributed by atoms with Gasteiger partial charge >= 0.3 is 6.03 Å². The van der Waals surface area contributed by atoms with Gasteiger partial charge < -0.3 is 25.0 Å². The van der Waals surface area contributed by atoms with Crippen LogP contribution in [0.3, 0.4) is 0 Å². The number of carbonyl (C=O) groups is 3. The van der Waals surface area contributed by atoms with E-state index in [2.05, 4.69) is 10.6 Å². The molecule has 0 aromatic rings. The number of nitrogens with zero attached hydrogens (tertiary/aromatic N) is 1. The van der Waals surface area contributed by atoms with Gasteiger partial charge in [0.15, 0.2) is 5.78 Å². The first-order valence-electron chi connectivity index (χ1n) is 10.5. The van der Waals surface area contributed by atoms with E-state index in [4.69, 9.17) is 9.47 Å². The number of rotatable bonds is 5. The third-order valence-corrected chi connectivity index (χ3v) is 6.45. The summed E-state index contributed by atoms with van der Waals surface area (Å²) in [5, 5.41) is 5.80. The maximum absolute atomic E-state index is 13.1. The molecule has 0 radical (unpaired) electrons. The van der Waals surface area contributed by atoms with E-state index in [1.165, 1.54) is 6.42 Å². The second-order valence-corrected chi connectivity index (χ2v) is 8.41. The van der Waals surface area contributed by atoms with Crippen molar-refractivity contribution in [3.63, 3.8) is 0 Å². The molecule has 2 aliphatic heterocycles. The van der Waals surface area contributed by atoms with Crippen molar-refractivity contribution in [2.75, 3.05) is 32.9 Å². The molecule has 2 N–H and O–H groups in total. The highest BCUT2D eigenvalue weighted by molar-refractivity contribution is 5.97. The molecule has 0 spiro atoms. The van der Waals surface area contributed by atoms with Crippen LogP contribution in [-0.4, -0.2) is 73.2 Å². The molecule has 0 bridgehead atoms. The Kier molecular flexibility index (Phi) is 6.93. The Balaban J connectivity index is 1.67. The van der Waals surface area contributed by atoms with Crippen LogP contribution in [0.15, 0.2) is 0 Å². The van der Waals surface area contributed by atoms with E-state index in [9.17, 15) is 14.4 Å². The van der Waals surface area contributed by atoms with E-state index in [-0.39, 0.29) is 24.3 Å². The zero-order valence-electron chi connectivity index (χ0n) is 17.0. The topological polar surface area (TPSA) is 97.0 Å². The van der Waals surface area contributed by atoms with Gasteiger partial charge in [-0.1, -0.05) is 32.1 Å². The van der Waals surface area contributed by atoms with E-state index in [1.807, 2.05) is 0 Å². The minimum Gasteiger partial charge on any atom is -0.378 e. The van der Waals surface area contributed by atoms with E-state index >= 15 is 0 Å². The molecule has 3 fully saturated rings. The van der Waals surface area contributed by atoms with Gasteiger partial charge in [0.25, 0.3) is 0 Å². The fourth-order valence-electron chi connectivity index (χ4n) is 4.25. The average molecular weight is 396 g/mol. The van der Waals surface area contributed by atoms with E-state index in [1.54, 1.807) is 18.7 Å². The summed E-state index contributed by atoms with van der Waals surface area (Å²) in [6.07, 6.45) is 5.92. The first-order chi connectivity index (χ1) is 13.4. The van der Waals surface area contributed by atoms with Crippen molar-refractivity contribution < 1.29 is 23.9 Å². The molecular formula is C20H33N3O5. The number of Topliss-reactive ketones (excluding diaryl/α,β-unsaturated/α-hetero) is 1. The lowest BCUT2D eigenvalue weighted by Crippen LogP contribution is -2.61. The van der Waals surface area contributed by atoms with Crippen molar-refractivity contribution in [3.8, 4) is 0 Å². The molecule has 1 aliphatic carbocycles. The van der Waals surface area contributed by atoms with Crippen LogP contribution in [0.1, 0.15) is 52.4 Å². The van der Waals surface area contributed by atoms with Gasteiger partial charge in [-0.2, -0.15) is 0 Å². The van der Waals surface area contributed by atoms with Gasteiger partial charge in [0.05, 0.1) is 19.3 Å². The summed E-state index contributed by atoms with van der Waals surface area (Å²) >= 11 is 0. The van der Waals surface area contributed by atoms with Crippen molar-refractivity contribution in [3.05, 3.63) is 0 Å². The molecule has 1 saturated carbocycles. The maximum atomic E-state index is 13.1. The highest BCUT2D eigenvalue weighted by Gasteiger charge is 2.47. The third kappa shape index (κ3) is 4.84. The second kappa shape index (κ2) is 9.22. The summed E-state index contributed by atoms with van der Waals surface area (Å²) < 4.78 is 10.7. The Bertz CT molecular complexity index is 586. The Hall–Kier alpha value is -1.67. The van der Waals surface area contributed by atoms with Gasteiger partial charge in [-0.3, -0.25) is 9.59 Å². The van der Waals surface area contributed by atoms with Gasteiger partial charge in [0, 0.05) is 13.1 Å². The molecule has 2 saturated heterocycles. The molecule has 3 unspecified atom stereocenters. The maximum Gasteiger partial charge on any atom is 0.318 e. The number of ether oxygens (including phenoxy) is 2. The third-order valence-electron chi connectivity index (χ3n) is 6.45. The summed E-state index contributed by atoms with van der Waals surface area (Å²) in [5.74, 6) is -0.0279. The van der Waals surface area contributed by atoms with Crippen LogP contribution in [0.2, 0.25) is 0 Å². The average Bonchev–Trinajstić information content (AvgIpc) is 2.96. The van der Waals surface area contributed by atoms with Crippen molar-refractivity contribution in [1.82, 2.24) is 15.5 Å². The number of amides is 3. The van der Waals surface area contributed by atoms with Gasteiger partial charge in [-0.15, -0.1) is 0 Å². The summed E-state index contributed by atoms with van der Waals surface area (Å²) in [5.41, 5.74) is -1.05. The smallest absolute Gasteiger partial charge is 0.318 e. The molecule has 0 aromatic carbocycles. The number of urea groups is 1. The summed E-state index contributed by atoms with van der Waals surface area (Å²) in [6.45, 7) is 5.55. The Morgan fingerprint density at radius 3 is 2.50 bits per heavy atom. The molecule has 2 heterocycles. The summed E-state index contributed by atoms with van der Waals surface area (Å²) in [4.78, 5) is 39.8. The predicted octanol–water partition coefficient (Wildman–Crippen LogP) is 1.23. The van der Waals surface area contributed by atoms with Gasteiger partial charge in [-0.25, -0.2) is 4.79 Å². The Morgan fingerprint density at radius 1 is 1.21 bits per heavy atom. The van der Waals surface area contributed by atoms with Crippen LogP contribution >= 0.6 is 0 Å². The Morgan fingerprint density at radius 2 is 1.89 bits per heavy atom. The molecule has 158 valence electrons. The lowest BCUT2D eigenvalue weighted by molar-refractivity contribution is -0.131. The molecule has 28 heavy (non-hydrogen) atoms. The highest BCUT2D eigenvalue weighted by Crippen LogP contribution is 2.28. The monoisotopic (exact) mass is 395 g/mol. The fraction of sp³-hybridized carbons (Fsp3) is 0.850. The number of carbonyl (C=O) groups excluding carboxylic acids is 3. The van der Waals surface area contributed by atoms with E-state index in [0.29, 0.717) is 38.6 Å². The zero-order valence-corrected chi connectivity index (χ0v) is 17.0. The minimum atomic E-state index is -1.05. The quantitative estimate of drug-likeness (QED) is 0.730. The number of ketones is 1. The predicted molar refractivity (Wildman–Crippen MR) is 103 cm³/mol.